The molecular weight excluding hydrogens is 573 g/mol. The van der Waals surface area contributed by atoms with Gasteiger partial charge in [0, 0.05) is 22.1 Å². The molecular formula is C43H30N4. The molecule has 0 bridgehead atoms. The fourth-order valence-electron chi connectivity index (χ4n) is 6.85. The highest BCUT2D eigenvalue weighted by Gasteiger charge is 2.37. The van der Waals surface area contributed by atoms with Crippen LogP contribution in [0.25, 0.3) is 67.5 Å². The Balaban J connectivity index is 1.18. The lowest BCUT2D eigenvalue weighted by atomic mass is 9.79. The third-order valence-corrected chi connectivity index (χ3v) is 9.19. The van der Waals surface area contributed by atoms with Gasteiger partial charge in [-0.2, -0.15) is 5.26 Å². The Morgan fingerprint density at radius 2 is 0.979 bits per heavy atom. The van der Waals surface area contributed by atoms with E-state index >= 15 is 0 Å². The standard InChI is InChI=1S/C43H30N4/c1-43(2)38-26-32(24-25-35(38)36-19-11-16-33(27-44)39(36)43)28-20-22-29(23-21-28)34-17-9-10-18-37(34)42-46-40(30-12-5-3-6-13-30)45-41(47-42)31-14-7-4-8-15-31/h3-26H,1-2H3. The average Bonchev–Trinajstić information content (AvgIpc) is 3.38. The molecule has 0 atom stereocenters. The summed E-state index contributed by atoms with van der Waals surface area (Å²) in [4.78, 5) is 14.8. The number of benzene rings is 6. The number of nitrogens with zero attached hydrogens (tertiary/aromatic N) is 4. The molecule has 0 saturated heterocycles. The minimum absolute atomic E-state index is 0.256. The first kappa shape index (κ1) is 28.3. The Kier molecular flexibility index (Phi) is 6.82. The van der Waals surface area contributed by atoms with Crippen LogP contribution in [0.2, 0.25) is 0 Å². The first-order valence-corrected chi connectivity index (χ1v) is 15.8. The van der Waals surface area contributed by atoms with Gasteiger partial charge in [-0.1, -0.05) is 147 Å². The van der Waals surface area contributed by atoms with Crippen molar-refractivity contribution in [3.63, 3.8) is 0 Å². The predicted octanol–water partition coefficient (Wildman–Crippen LogP) is 10.4. The second-order valence-corrected chi connectivity index (χ2v) is 12.4. The Bertz CT molecular complexity index is 2260. The Hall–Kier alpha value is -6.18. The SMILES string of the molecule is CC1(C)c2cc(-c3ccc(-c4ccccc4-c4nc(-c5ccccc5)nc(-c5ccccc5)n4)cc3)ccc2-c2cccc(C#N)c21. The van der Waals surface area contributed by atoms with Crippen LogP contribution in [0.3, 0.4) is 0 Å². The minimum atomic E-state index is -0.256. The van der Waals surface area contributed by atoms with Crippen molar-refractivity contribution in [3.05, 3.63) is 162 Å². The zero-order valence-corrected chi connectivity index (χ0v) is 26.1. The van der Waals surface area contributed by atoms with Crippen LogP contribution in [0.1, 0.15) is 30.5 Å². The van der Waals surface area contributed by atoms with Crippen molar-refractivity contribution < 1.29 is 0 Å². The van der Waals surface area contributed by atoms with E-state index in [0.29, 0.717) is 17.5 Å². The van der Waals surface area contributed by atoms with Gasteiger partial charge in [-0.25, -0.2) is 15.0 Å². The molecule has 47 heavy (non-hydrogen) atoms. The van der Waals surface area contributed by atoms with Crippen LogP contribution in [0.5, 0.6) is 0 Å². The van der Waals surface area contributed by atoms with E-state index in [2.05, 4.69) is 86.6 Å². The lowest BCUT2D eigenvalue weighted by molar-refractivity contribution is 0.658. The zero-order chi connectivity index (χ0) is 32.0. The lowest BCUT2D eigenvalue weighted by Gasteiger charge is -2.23. The molecule has 6 aromatic carbocycles. The molecule has 4 nitrogen and oxygen atoms in total. The van der Waals surface area contributed by atoms with E-state index < -0.39 is 0 Å². The summed E-state index contributed by atoms with van der Waals surface area (Å²) in [6.45, 7) is 4.44. The van der Waals surface area contributed by atoms with Crippen molar-refractivity contribution in [1.29, 1.82) is 5.26 Å². The van der Waals surface area contributed by atoms with Crippen molar-refractivity contribution >= 4 is 0 Å². The summed E-state index contributed by atoms with van der Waals surface area (Å²) in [5.74, 6) is 1.92. The molecule has 7 aromatic rings. The van der Waals surface area contributed by atoms with Crippen LogP contribution < -0.4 is 0 Å². The highest BCUT2D eigenvalue weighted by molar-refractivity contribution is 5.86. The molecule has 1 aliphatic rings. The van der Waals surface area contributed by atoms with Gasteiger partial charge in [0.2, 0.25) is 0 Å². The van der Waals surface area contributed by atoms with Gasteiger partial charge >= 0.3 is 0 Å². The van der Waals surface area contributed by atoms with Gasteiger partial charge in [-0.15, -0.1) is 0 Å². The lowest BCUT2D eigenvalue weighted by Crippen LogP contribution is -2.16. The molecule has 1 aliphatic carbocycles. The summed E-state index contributed by atoms with van der Waals surface area (Å²) in [6.07, 6.45) is 0. The highest BCUT2D eigenvalue weighted by atomic mass is 15.0. The van der Waals surface area contributed by atoms with Crippen LogP contribution in [0, 0.1) is 11.3 Å². The first-order chi connectivity index (χ1) is 23.0. The molecule has 4 heteroatoms. The summed E-state index contributed by atoms with van der Waals surface area (Å²) in [5, 5.41) is 9.83. The van der Waals surface area contributed by atoms with E-state index in [1.54, 1.807) is 0 Å². The second kappa shape index (κ2) is 11.3. The van der Waals surface area contributed by atoms with Gasteiger partial charge in [-0.3, -0.25) is 0 Å². The van der Waals surface area contributed by atoms with Crippen LogP contribution in [-0.4, -0.2) is 15.0 Å². The van der Waals surface area contributed by atoms with E-state index in [0.717, 1.165) is 55.6 Å². The molecule has 0 radical (unpaired) electrons. The Morgan fingerprint density at radius 3 is 1.62 bits per heavy atom. The maximum Gasteiger partial charge on any atom is 0.164 e. The van der Waals surface area contributed by atoms with E-state index in [9.17, 15) is 5.26 Å². The fourth-order valence-corrected chi connectivity index (χ4v) is 6.85. The van der Waals surface area contributed by atoms with Crippen molar-refractivity contribution in [2.24, 2.45) is 0 Å². The van der Waals surface area contributed by atoms with Crippen LogP contribution >= 0.6 is 0 Å². The van der Waals surface area contributed by atoms with Crippen LogP contribution in [0.4, 0.5) is 0 Å². The smallest absolute Gasteiger partial charge is 0.164 e. The molecule has 0 saturated carbocycles. The molecule has 1 aromatic heterocycles. The quantitative estimate of drug-likeness (QED) is 0.197. The zero-order valence-electron chi connectivity index (χ0n) is 26.1. The van der Waals surface area contributed by atoms with E-state index in [-0.39, 0.29) is 5.41 Å². The maximum absolute atomic E-state index is 9.83. The van der Waals surface area contributed by atoms with Crippen molar-refractivity contribution in [2.45, 2.75) is 19.3 Å². The highest BCUT2D eigenvalue weighted by Crippen LogP contribution is 2.51. The van der Waals surface area contributed by atoms with Crippen LogP contribution in [-0.2, 0) is 5.41 Å². The van der Waals surface area contributed by atoms with Gasteiger partial charge < -0.3 is 0 Å². The van der Waals surface area contributed by atoms with Gasteiger partial charge in [0.05, 0.1) is 11.6 Å². The third-order valence-electron chi connectivity index (χ3n) is 9.19. The Morgan fingerprint density at radius 1 is 0.447 bits per heavy atom. The van der Waals surface area contributed by atoms with E-state index in [1.807, 2.05) is 78.9 Å². The predicted molar refractivity (Wildman–Crippen MR) is 189 cm³/mol. The number of hydrogen-bond acceptors (Lipinski definition) is 4. The molecule has 0 amide bonds. The summed E-state index contributed by atoms with van der Waals surface area (Å²) < 4.78 is 0. The summed E-state index contributed by atoms with van der Waals surface area (Å²) in [7, 11) is 0. The molecule has 0 unspecified atom stereocenters. The van der Waals surface area contributed by atoms with Crippen molar-refractivity contribution in [2.75, 3.05) is 0 Å². The van der Waals surface area contributed by atoms with E-state index in [1.165, 1.54) is 11.1 Å². The largest absolute Gasteiger partial charge is 0.208 e. The van der Waals surface area contributed by atoms with Gasteiger partial charge in [-0.05, 0) is 56.6 Å². The third kappa shape index (κ3) is 4.90. The van der Waals surface area contributed by atoms with Crippen molar-refractivity contribution in [3.8, 4) is 73.6 Å². The number of hydrogen-bond donors (Lipinski definition) is 0. The maximum atomic E-state index is 9.83. The average molecular weight is 603 g/mol. The van der Waals surface area contributed by atoms with Crippen molar-refractivity contribution in [1.82, 2.24) is 15.0 Å². The summed E-state index contributed by atoms with van der Waals surface area (Å²) >= 11 is 0. The van der Waals surface area contributed by atoms with Crippen LogP contribution in [0.15, 0.2) is 146 Å². The van der Waals surface area contributed by atoms with E-state index in [4.69, 9.17) is 15.0 Å². The number of fused-ring (bicyclic) bond motifs is 3. The van der Waals surface area contributed by atoms with Gasteiger partial charge in [0.25, 0.3) is 0 Å². The normalized spacial score (nSPS) is 12.6. The van der Waals surface area contributed by atoms with Gasteiger partial charge in [0.1, 0.15) is 0 Å². The molecule has 0 N–H and O–H groups in total. The second-order valence-electron chi connectivity index (χ2n) is 12.4. The Labute approximate surface area is 274 Å². The molecule has 0 aliphatic heterocycles. The molecule has 222 valence electrons. The topological polar surface area (TPSA) is 62.5 Å². The number of rotatable bonds is 5. The first-order valence-electron chi connectivity index (χ1n) is 15.8. The number of nitriles is 1. The summed E-state index contributed by atoms with van der Waals surface area (Å²) in [6, 6.07) is 52.2. The van der Waals surface area contributed by atoms with Gasteiger partial charge in [0.15, 0.2) is 17.5 Å². The molecule has 0 spiro atoms. The summed E-state index contributed by atoms with van der Waals surface area (Å²) in [5.41, 5.74) is 12.5. The number of aromatic nitrogens is 3. The molecule has 0 fully saturated rings. The molecule has 8 rings (SSSR count). The molecule has 1 heterocycles. The minimum Gasteiger partial charge on any atom is -0.208 e. The monoisotopic (exact) mass is 602 g/mol. The fraction of sp³-hybridized carbons (Fsp3) is 0.0698.